The van der Waals surface area contributed by atoms with Gasteiger partial charge in [0.1, 0.15) is 11.3 Å². The van der Waals surface area contributed by atoms with Crippen LogP contribution in [0.25, 0.3) is 22.3 Å². The summed E-state index contributed by atoms with van der Waals surface area (Å²) in [5, 5.41) is 13.3. The normalized spacial score (nSPS) is 15.8. The predicted molar refractivity (Wildman–Crippen MR) is 143 cm³/mol. The van der Waals surface area contributed by atoms with Gasteiger partial charge >= 0.3 is 5.97 Å². The average molecular weight is 511 g/mol. The highest BCUT2D eigenvalue weighted by atomic mass is 16.5. The van der Waals surface area contributed by atoms with E-state index in [-0.39, 0.29) is 29.0 Å². The molecule has 1 aromatic heterocycles. The summed E-state index contributed by atoms with van der Waals surface area (Å²) in [5.74, 6) is -0.618. The number of nitrogens with one attached hydrogen (secondary N) is 1. The average Bonchev–Trinajstić information content (AvgIpc) is 3.18. The van der Waals surface area contributed by atoms with Crippen LogP contribution >= 0.6 is 0 Å². The second-order valence-electron chi connectivity index (χ2n) is 9.92. The third-order valence-corrected chi connectivity index (χ3v) is 7.28. The molecule has 0 radical (unpaired) electrons. The van der Waals surface area contributed by atoms with E-state index in [0.717, 1.165) is 16.7 Å². The molecule has 4 aromatic rings. The fourth-order valence-electron chi connectivity index (χ4n) is 5.20. The van der Waals surface area contributed by atoms with Crippen molar-refractivity contribution in [3.05, 3.63) is 98.7 Å². The molecule has 1 amide bonds. The molecule has 3 heterocycles. The molecule has 192 valence electrons. The molecule has 0 bridgehead atoms. The van der Waals surface area contributed by atoms with Gasteiger partial charge in [0.25, 0.3) is 5.91 Å². The molecular weight excluding hydrogens is 484 g/mol. The van der Waals surface area contributed by atoms with Gasteiger partial charge < -0.3 is 24.5 Å². The minimum atomic E-state index is -1.03. The van der Waals surface area contributed by atoms with Crippen LogP contribution in [0.15, 0.2) is 69.9 Å². The maximum absolute atomic E-state index is 13.2. The minimum absolute atomic E-state index is 0.000818. The van der Waals surface area contributed by atoms with Crippen LogP contribution in [0.3, 0.4) is 0 Å². The molecule has 0 saturated carbocycles. The zero-order chi connectivity index (χ0) is 26.6. The van der Waals surface area contributed by atoms with Crippen LogP contribution in [0, 0.1) is 6.92 Å². The van der Waals surface area contributed by atoms with Gasteiger partial charge in [-0.3, -0.25) is 9.59 Å². The van der Waals surface area contributed by atoms with Crippen LogP contribution in [0.5, 0.6) is 0 Å². The lowest BCUT2D eigenvalue weighted by atomic mass is 9.99. The van der Waals surface area contributed by atoms with Crippen molar-refractivity contribution in [2.24, 2.45) is 0 Å². The van der Waals surface area contributed by atoms with Gasteiger partial charge in [0.15, 0.2) is 5.43 Å². The van der Waals surface area contributed by atoms with Crippen molar-refractivity contribution in [2.75, 3.05) is 18.5 Å². The lowest BCUT2D eigenvalue weighted by Crippen LogP contribution is -2.48. The van der Waals surface area contributed by atoms with Crippen molar-refractivity contribution in [3.63, 3.8) is 0 Å². The summed E-state index contributed by atoms with van der Waals surface area (Å²) in [6.45, 7) is 5.42. The summed E-state index contributed by atoms with van der Waals surface area (Å²) in [7, 11) is 0. The van der Waals surface area contributed by atoms with E-state index in [1.165, 1.54) is 6.07 Å². The van der Waals surface area contributed by atoms with Gasteiger partial charge in [-0.2, -0.15) is 0 Å². The topological polar surface area (TPSA) is 109 Å². The summed E-state index contributed by atoms with van der Waals surface area (Å²) >= 11 is 0. The summed E-state index contributed by atoms with van der Waals surface area (Å²) in [6, 6.07) is 17.2. The maximum atomic E-state index is 13.2. The zero-order valence-electron chi connectivity index (χ0n) is 21.0. The number of nitrogens with zero attached hydrogens (tertiary/aromatic N) is 1. The van der Waals surface area contributed by atoms with Gasteiger partial charge in [0, 0.05) is 35.0 Å². The van der Waals surface area contributed by atoms with E-state index in [1.807, 2.05) is 30.9 Å². The molecule has 3 aromatic carbocycles. The number of hydrogen-bond acceptors (Lipinski definition) is 6. The lowest BCUT2D eigenvalue weighted by Gasteiger charge is -2.34. The van der Waals surface area contributed by atoms with Crippen molar-refractivity contribution in [1.29, 1.82) is 0 Å². The quantitative estimate of drug-likeness (QED) is 0.376. The highest BCUT2D eigenvalue weighted by Gasteiger charge is 2.36. The van der Waals surface area contributed by atoms with Crippen LogP contribution in [0.4, 0.5) is 5.69 Å². The van der Waals surface area contributed by atoms with E-state index in [0.29, 0.717) is 53.3 Å². The summed E-state index contributed by atoms with van der Waals surface area (Å²) in [5.41, 5.74) is 4.81. The standard InChI is InChI=1S/C30H26N2O6/c1-16-9-23(17(2)31-25-6-4-3-5-22(25)30(35)36)28-24(10-16)26(33)12-27(38-28)18-7-8-21-19(11-18)13-32(29(21)34)20-14-37-15-20/h3-12,17,20,31H,13-15H2,1-2H3,(H,35,36). The molecule has 0 aliphatic carbocycles. The van der Waals surface area contributed by atoms with Crippen LogP contribution in [0.1, 0.15) is 50.4 Å². The molecule has 2 N–H and O–H groups in total. The molecule has 0 spiro atoms. The fourth-order valence-corrected chi connectivity index (χ4v) is 5.20. The molecule has 6 rings (SSSR count). The SMILES string of the molecule is Cc1cc(C(C)Nc2ccccc2C(=O)O)c2oc(-c3ccc4c(c3)CN(C3COC3)C4=O)cc(=O)c2c1. The third kappa shape index (κ3) is 4.03. The van der Waals surface area contributed by atoms with Crippen molar-refractivity contribution in [2.45, 2.75) is 32.5 Å². The highest BCUT2D eigenvalue weighted by molar-refractivity contribution is 5.99. The first-order chi connectivity index (χ1) is 18.3. The first kappa shape index (κ1) is 23.9. The van der Waals surface area contributed by atoms with Crippen molar-refractivity contribution >= 4 is 28.5 Å². The third-order valence-electron chi connectivity index (χ3n) is 7.28. The number of ether oxygens (including phenoxy) is 1. The molecule has 1 saturated heterocycles. The monoisotopic (exact) mass is 510 g/mol. The lowest BCUT2D eigenvalue weighted by molar-refractivity contribution is -0.0540. The number of carboxylic acid groups (broad SMARTS) is 1. The Labute approximate surface area is 218 Å². The molecule has 2 aliphatic rings. The number of carbonyl (C=O) groups is 2. The molecule has 8 heteroatoms. The molecule has 1 fully saturated rings. The number of benzene rings is 3. The smallest absolute Gasteiger partial charge is 0.337 e. The summed E-state index contributed by atoms with van der Waals surface area (Å²) < 4.78 is 11.6. The van der Waals surface area contributed by atoms with Gasteiger partial charge in [-0.1, -0.05) is 24.3 Å². The zero-order valence-corrected chi connectivity index (χ0v) is 21.0. The molecule has 8 nitrogen and oxygen atoms in total. The molecular formula is C30H26N2O6. The van der Waals surface area contributed by atoms with Gasteiger partial charge in [-0.15, -0.1) is 0 Å². The number of para-hydroxylation sites is 1. The molecule has 1 unspecified atom stereocenters. The number of hydrogen-bond donors (Lipinski definition) is 2. The second kappa shape index (κ2) is 9.15. The fraction of sp³-hybridized carbons (Fsp3) is 0.233. The predicted octanol–water partition coefficient (Wildman–Crippen LogP) is 4.99. The van der Waals surface area contributed by atoms with Gasteiger partial charge in [0.05, 0.1) is 36.2 Å². The van der Waals surface area contributed by atoms with E-state index in [9.17, 15) is 19.5 Å². The number of anilines is 1. The summed E-state index contributed by atoms with van der Waals surface area (Å²) in [4.78, 5) is 39.6. The number of rotatable bonds is 6. The van der Waals surface area contributed by atoms with Gasteiger partial charge in [0.2, 0.25) is 0 Å². The van der Waals surface area contributed by atoms with Crippen molar-refractivity contribution < 1.29 is 23.8 Å². The number of amides is 1. The maximum Gasteiger partial charge on any atom is 0.337 e. The van der Waals surface area contributed by atoms with Crippen LogP contribution in [0.2, 0.25) is 0 Å². The number of aryl methyl sites for hydroxylation is 1. The minimum Gasteiger partial charge on any atom is -0.478 e. The number of fused-ring (bicyclic) bond motifs is 2. The highest BCUT2D eigenvalue weighted by Crippen LogP contribution is 2.34. The van der Waals surface area contributed by atoms with E-state index in [4.69, 9.17) is 9.15 Å². The van der Waals surface area contributed by atoms with Crippen LogP contribution < -0.4 is 10.7 Å². The Bertz CT molecular complexity index is 1670. The number of carbonyl (C=O) groups excluding carboxylic acids is 1. The Balaban J connectivity index is 1.40. The molecule has 38 heavy (non-hydrogen) atoms. The molecule has 2 aliphatic heterocycles. The first-order valence-corrected chi connectivity index (χ1v) is 12.5. The number of carboxylic acids is 1. The van der Waals surface area contributed by atoms with Gasteiger partial charge in [-0.25, -0.2) is 4.79 Å². The van der Waals surface area contributed by atoms with Crippen LogP contribution in [-0.4, -0.2) is 41.1 Å². The van der Waals surface area contributed by atoms with E-state index in [1.54, 1.807) is 42.5 Å². The van der Waals surface area contributed by atoms with E-state index in [2.05, 4.69) is 5.32 Å². The Hall–Kier alpha value is -4.43. The van der Waals surface area contributed by atoms with Crippen molar-refractivity contribution in [1.82, 2.24) is 4.90 Å². The Morgan fingerprint density at radius 3 is 2.61 bits per heavy atom. The van der Waals surface area contributed by atoms with E-state index >= 15 is 0 Å². The Morgan fingerprint density at radius 1 is 1.08 bits per heavy atom. The Kier molecular flexibility index (Phi) is 5.76. The summed E-state index contributed by atoms with van der Waals surface area (Å²) in [6.07, 6.45) is 0. The van der Waals surface area contributed by atoms with Crippen LogP contribution in [-0.2, 0) is 11.3 Å². The largest absolute Gasteiger partial charge is 0.478 e. The molecule has 1 atom stereocenters. The Morgan fingerprint density at radius 2 is 1.87 bits per heavy atom. The first-order valence-electron chi connectivity index (χ1n) is 12.5. The van der Waals surface area contributed by atoms with Crippen molar-refractivity contribution in [3.8, 4) is 11.3 Å². The second-order valence-corrected chi connectivity index (χ2v) is 9.92. The number of aromatic carboxylic acids is 1. The van der Waals surface area contributed by atoms with E-state index < -0.39 is 5.97 Å². The van der Waals surface area contributed by atoms with Gasteiger partial charge in [-0.05, 0) is 55.3 Å².